The van der Waals surface area contributed by atoms with E-state index in [2.05, 4.69) is 39.0 Å². The van der Waals surface area contributed by atoms with Crippen LogP contribution in [0.4, 0.5) is 0 Å². The standard InChI is InChI=1S/C18H22O/c1-4-8-15-11-12-18(17(13-15)14(2)3)19-16-9-6-5-7-10-16/h5-7,9-14H,4,8H2,1-3H3. The van der Waals surface area contributed by atoms with E-state index in [-0.39, 0.29) is 0 Å². The van der Waals surface area contributed by atoms with E-state index in [1.54, 1.807) is 0 Å². The fourth-order valence-corrected chi connectivity index (χ4v) is 2.20. The van der Waals surface area contributed by atoms with Gasteiger partial charge in [0.1, 0.15) is 11.5 Å². The lowest BCUT2D eigenvalue weighted by Crippen LogP contribution is -1.96. The quantitative estimate of drug-likeness (QED) is 0.679. The van der Waals surface area contributed by atoms with E-state index in [0.29, 0.717) is 5.92 Å². The van der Waals surface area contributed by atoms with Gasteiger partial charge in [-0.1, -0.05) is 57.5 Å². The van der Waals surface area contributed by atoms with E-state index in [0.717, 1.165) is 17.9 Å². The van der Waals surface area contributed by atoms with Crippen molar-refractivity contribution in [2.75, 3.05) is 0 Å². The molecule has 0 aliphatic carbocycles. The van der Waals surface area contributed by atoms with E-state index in [4.69, 9.17) is 4.74 Å². The van der Waals surface area contributed by atoms with Gasteiger partial charge < -0.3 is 4.74 Å². The van der Waals surface area contributed by atoms with Crippen LogP contribution in [0.3, 0.4) is 0 Å². The molecule has 1 nitrogen and oxygen atoms in total. The summed E-state index contributed by atoms with van der Waals surface area (Å²) in [6.07, 6.45) is 2.31. The summed E-state index contributed by atoms with van der Waals surface area (Å²) >= 11 is 0. The molecule has 2 aromatic carbocycles. The van der Waals surface area contributed by atoms with Crippen molar-refractivity contribution in [1.29, 1.82) is 0 Å². The maximum absolute atomic E-state index is 6.00. The van der Waals surface area contributed by atoms with E-state index in [1.807, 2.05) is 30.3 Å². The molecule has 0 bridgehead atoms. The number of benzene rings is 2. The van der Waals surface area contributed by atoms with E-state index in [9.17, 15) is 0 Å². The maximum atomic E-state index is 6.00. The molecule has 1 heteroatoms. The Morgan fingerprint density at radius 2 is 1.74 bits per heavy atom. The Hall–Kier alpha value is -1.76. The molecule has 0 aliphatic heterocycles. The molecule has 0 atom stereocenters. The molecule has 0 amide bonds. The van der Waals surface area contributed by atoms with Crippen molar-refractivity contribution in [3.8, 4) is 11.5 Å². The third kappa shape index (κ3) is 3.60. The average molecular weight is 254 g/mol. The summed E-state index contributed by atoms with van der Waals surface area (Å²) in [5.74, 6) is 2.34. The summed E-state index contributed by atoms with van der Waals surface area (Å²) < 4.78 is 6.00. The van der Waals surface area contributed by atoms with E-state index in [1.165, 1.54) is 17.5 Å². The van der Waals surface area contributed by atoms with E-state index < -0.39 is 0 Å². The predicted octanol–water partition coefficient (Wildman–Crippen LogP) is 5.55. The zero-order chi connectivity index (χ0) is 13.7. The van der Waals surface area contributed by atoms with Crippen molar-refractivity contribution >= 4 is 0 Å². The van der Waals surface area contributed by atoms with Crippen molar-refractivity contribution < 1.29 is 4.74 Å². The first kappa shape index (κ1) is 13.7. The van der Waals surface area contributed by atoms with Gasteiger partial charge in [0.15, 0.2) is 0 Å². The minimum absolute atomic E-state index is 0.468. The van der Waals surface area contributed by atoms with Crippen molar-refractivity contribution in [2.45, 2.75) is 39.5 Å². The molecule has 0 heterocycles. The number of hydrogen-bond donors (Lipinski definition) is 0. The van der Waals surface area contributed by atoms with Crippen LogP contribution in [0.5, 0.6) is 11.5 Å². The molecule has 0 N–H and O–H groups in total. The molecule has 2 rings (SSSR count). The van der Waals surface area contributed by atoms with Gasteiger partial charge in [0.2, 0.25) is 0 Å². The molecule has 0 unspecified atom stereocenters. The van der Waals surface area contributed by atoms with Gasteiger partial charge in [-0.05, 0) is 41.7 Å². The number of aryl methyl sites for hydroxylation is 1. The van der Waals surface area contributed by atoms with Crippen LogP contribution in [0.2, 0.25) is 0 Å². The summed E-state index contributed by atoms with van der Waals surface area (Å²) in [5.41, 5.74) is 2.68. The first-order valence-electron chi connectivity index (χ1n) is 7.06. The third-order valence-corrected chi connectivity index (χ3v) is 3.21. The second-order valence-corrected chi connectivity index (χ2v) is 5.19. The molecule has 19 heavy (non-hydrogen) atoms. The van der Waals surface area contributed by atoms with Crippen molar-refractivity contribution in [3.05, 3.63) is 59.7 Å². The van der Waals surface area contributed by atoms with Crippen LogP contribution in [-0.2, 0) is 6.42 Å². The van der Waals surface area contributed by atoms with Crippen molar-refractivity contribution in [3.63, 3.8) is 0 Å². The molecule has 2 aromatic rings. The van der Waals surface area contributed by atoms with Gasteiger partial charge in [-0.2, -0.15) is 0 Å². The molecular weight excluding hydrogens is 232 g/mol. The Kier molecular flexibility index (Phi) is 4.62. The van der Waals surface area contributed by atoms with Crippen LogP contribution in [0.25, 0.3) is 0 Å². The molecule has 0 spiro atoms. The Bertz CT molecular complexity index is 514. The fraction of sp³-hybridized carbons (Fsp3) is 0.333. The molecule has 0 radical (unpaired) electrons. The minimum atomic E-state index is 0.468. The lowest BCUT2D eigenvalue weighted by molar-refractivity contribution is 0.473. The Morgan fingerprint density at radius 3 is 2.37 bits per heavy atom. The highest BCUT2D eigenvalue weighted by Crippen LogP contribution is 2.31. The first-order valence-corrected chi connectivity index (χ1v) is 7.06. The summed E-state index contributed by atoms with van der Waals surface area (Å²) in [4.78, 5) is 0. The highest BCUT2D eigenvalue weighted by molar-refractivity contribution is 5.42. The van der Waals surface area contributed by atoms with Gasteiger partial charge in [-0.25, -0.2) is 0 Å². The predicted molar refractivity (Wildman–Crippen MR) is 81.0 cm³/mol. The SMILES string of the molecule is CCCc1ccc(Oc2ccccc2)c(C(C)C)c1. The lowest BCUT2D eigenvalue weighted by Gasteiger charge is -2.15. The molecule has 0 aromatic heterocycles. The molecule has 0 saturated carbocycles. The smallest absolute Gasteiger partial charge is 0.130 e. The average Bonchev–Trinajstić information content (AvgIpc) is 2.42. The van der Waals surface area contributed by atoms with Crippen LogP contribution in [0.15, 0.2) is 48.5 Å². The van der Waals surface area contributed by atoms with Gasteiger partial charge in [0, 0.05) is 0 Å². The summed E-state index contributed by atoms with van der Waals surface area (Å²) in [6.45, 7) is 6.63. The molecule has 100 valence electrons. The number of rotatable bonds is 5. The van der Waals surface area contributed by atoms with Gasteiger partial charge in [-0.15, -0.1) is 0 Å². The largest absolute Gasteiger partial charge is 0.457 e. The highest BCUT2D eigenvalue weighted by atomic mass is 16.5. The van der Waals surface area contributed by atoms with Gasteiger partial charge >= 0.3 is 0 Å². The fourth-order valence-electron chi connectivity index (χ4n) is 2.20. The topological polar surface area (TPSA) is 9.23 Å². The molecule has 0 fully saturated rings. The monoisotopic (exact) mass is 254 g/mol. The van der Waals surface area contributed by atoms with Crippen molar-refractivity contribution in [2.24, 2.45) is 0 Å². The van der Waals surface area contributed by atoms with Crippen LogP contribution in [-0.4, -0.2) is 0 Å². The summed E-state index contributed by atoms with van der Waals surface area (Å²) in [6, 6.07) is 16.5. The molecule has 0 saturated heterocycles. The normalized spacial score (nSPS) is 10.7. The second-order valence-electron chi connectivity index (χ2n) is 5.19. The zero-order valence-electron chi connectivity index (χ0n) is 12.0. The number of hydrogen-bond acceptors (Lipinski definition) is 1. The second kappa shape index (κ2) is 6.42. The van der Waals surface area contributed by atoms with Crippen LogP contribution < -0.4 is 4.74 Å². The summed E-state index contributed by atoms with van der Waals surface area (Å²) in [5, 5.41) is 0. The molecule has 0 aliphatic rings. The van der Waals surface area contributed by atoms with Gasteiger partial charge in [-0.3, -0.25) is 0 Å². The maximum Gasteiger partial charge on any atom is 0.130 e. The zero-order valence-corrected chi connectivity index (χ0v) is 12.0. The Morgan fingerprint density at radius 1 is 1.00 bits per heavy atom. The number of ether oxygens (including phenoxy) is 1. The summed E-state index contributed by atoms with van der Waals surface area (Å²) in [7, 11) is 0. The van der Waals surface area contributed by atoms with E-state index >= 15 is 0 Å². The van der Waals surface area contributed by atoms with Crippen LogP contribution in [0, 0.1) is 0 Å². The number of para-hydroxylation sites is 1. The van der Waals surface area contributed by atoms with Crippen LogP contribution >= 0.6 is 0 Å². The molecular formula is C18H22O. The lowest BCUT2D eigenvalue weighted by atomic mass is 9.98. The Balaban J connectivity index is 2.29. The van der Waals surface area contributed by atoms with Gasteiger partial charge in [0.25, 0.3) is 0 Å². The minimum Gasteiger partial charge on any atom is -0.457 e. The third-order valence-electron chi connectivity index (χ3n) is 3.21. The van der Waals surface area contributed by atoms with Crippen LogP contribution in [0.1, 0.15) is 44.2 Å². The Labute approximate surface area is 116 Å². The highest BCUT2D eigenvalue weighted by Gasteiger charge is 2.09. The van der Waals surface area contributed by atoms with Crippen molar-refractivity contribution in [1.82, 2.24) is 0 Å². The van der Waals surface area contributed by atoms with Gasteiger partial charge in [0.05, 0.1) is 0 Å². The first-order chi connectivity index (χ1) is 9.20.